The van der Waals surface area contributed by atoms with Gasteiger partial charge in [-0.2, -0.15) is 0 Å². The minimum Gasteiger partial charge on any atom is -0.381 e. The van der Waals surface area contributed by atoms with E-state index in [0.717, 1.165) is 19.8 Å². The van der Waals surface area contributed by atoms with E-state index >= 15 is 0 Å². The second-order valence-corrected chi connectivity index (χ2v) is 6.27. The normalized spacial score (nSPS) is 36.2. The summed E-state index contributed by atoms with van der Waals surface area (Å²) in [7, 11) is 0. The maximum atomic E-state index is 5.62. The molecule has 1 N–H and O–H groups in total. The molecule has 2 atom stereocenters. The molecule has 1 heterocycles. The monoisotopic (exact) mass is 213 g/mol. The first kappa shape index (κ1) is 13.0. The Bertz CT molecular complexity index is 203. The third-order valence-corrected chi connectivity index (χ3v) is 3.30. The first-order valence-electron chi connectivity index (χ1n) is 6.18. The Morgan fingerprint density at radius 2 is 2.00 bits per heavy atom. The molecule has 0 aromatic rings. The molecule has 0 radical (unpaired) electrons. The molecule has 0 bridgehead atoms. The van der Waals surface area contributed by atoms with E-state index in [1.165, 1.54) is 12.8 Å². The first-order chi connectivity index (χ1) is 6.87. The molecular formula is C13H27NO. The van der Waals surface area contributed by atoms with Crippen LogP contribution in [0.1, 0.15) is 47.5 Å². The first-order valence-corrected chi connectivity index (χ1v) is 6.18. The fourth-order valence-electron chi connectivity index (χ4n) is 3.06. The van der Waals surface area contributed by atoms with Gasteiger partial charge in [0.1, 0.15) is 0 Å². The quantitative estimate of drug-likeness (QED) is 0.778. The Balaban J connectivity index is 2.64. The molecule has 1 rings (SSSR count). The summed E-state index contributed by atoms with van der Waals surface area (Å²) in [6.45, 7) is 14.2. The molecule has 0 saturated carbocycles. The van der Waals surface area contributed by atoms with Crippen LogP contribution in [0, 0.1) is 10.8 Å². The van der Waals surface area contributed by atoms with Crippen molar-refractivity contribution in [2.45, 2.75) is 53.5 Å². The Morgan fingerprint density at radius 1 is 1.33 bits per heavy atom. The van der Waals surface area contributed by atoms with Crippen LogP contribution in [0.3, 0.4) is 0 Å². The van der Waals surface area contributed by atoms with Crippen LogP contribution < -0.4 is 5.32 Å². The van der Waals surface area contributed by atoms with Crippen molar-refractivity contribution in [3.05, 3.63) is 0 Å². The SMILES string of the molecule is CCOCC1(C)CN[C@@H](C)CC(C)(C)C1. The number of ether oxygens (including phenoxy) is 1. The standard InChI is InChI=1S/C13H27NO/c1-6-15-10-13(5)8-12(3,4)7-11(2)14-9-13/h11,14H,6-10H2,1-5H3/t11-,13?/m0/s1. The van der Waals surface area contributed by atoms with Gasteiger partial charge in [0, 0.05) is 24.6 Å². The van der Waals surface area contributed by atoms with Crippen molar-refractivity contribution in [2.75, 3.05) is 19.8 Å². The number of rotatable bonds is 3. The lowest BCUT2D eigenvalue weighted by Crippen LogP contribution is -2.37. The topological polar surface area (TPSA) is 21.3 Å². The van der Waals surface area contributed by atoms with Gasteiger partial charge in [-0.05, 0) is 32.1 Å². The molecule has 1 unspecified atom stereocenters. The molecule has 1 fully saturated rings. The fraction of sp³-hybridized carbons (Fsp3) is 1.00. The van der Waals surface area contributed by atoms with Crippen LogP contribution in [0.2, 0.25) is 0 Å². The lowest BCUT2D eigenvalue weighted by atomic mass is 9.73. The van der Waals surface area contributed by atoms with Crippen molar-refractivity contribution < 1.29 is 4.74 Å². The number of nitrogens with one attached hydrogen (secondary N) is 1. The Kier molecular flexibility index (Phi) is 4.19. The van der Waals surface area contributed by atoms with Crippen LogP contribution in [0.15, 0.2) is 0 Å². The molecule has 1 aliphatic heterocycles. The molecule has 90 valence electrons. The summed E-state index contributed by atoms with van der Waals surface area (Å²) in [5.74, 6) is 0. The van der Waals surface area contributed by atoms with Crippen LogP contribution >= 0.6 is 0 Å². The third-order valence-electron chi connectivity index (χ3n) is 3.30. The summed E-state index contributed by atoms with van der Waals surface area (Å²) >= 11 is 0. The van der Waals surface area contributed by atoms with Gasteiger partial charge >= 0.3 is 0 Å². The van der Waals surface area contributed by atoms with Crippen molar-refractivity contribution >= 4 is 0 Å². The average Bonchev–Trinajstić information content (AvgIpc) is 2.19. The highest BCUT2D eigenvalue weighted by Crippen LogP contribution is 2.39. The van der Waals surface area contributed by atoms with Gasteiger partial charge in [0.15, 0.2) is 0 Å². The predicted octanol–water partition coefficient (Wildman–Crippen LogP) is 2.83. The average molecular weight is 213 g/mol. The van der Waals surface area contributed by atoms with E-state index in [1.54, 1.807) is 0 Å². The zero-order chi connectivity index (χ0) is 11.5. The smallest absolute Gasteiger partial charge is 0.0531 e. The molecule has 2 nitrogen and oxygen atoms in total. The molecule has 0 spiro atoms. The molecular weight excluding hydrogens is 186 g/mol. The number of hydrogen-bond acceptors (Lipinski definition) is 2. The van der Waals surface area contributed by atoms with Gasteiger partial charge in [-0.25, -0.2) is 0 Å². The van der Waals surface area contributed by atoms with Crippen molar-refractivity contribution in [1.82, 2.24) is 5.32 Å². The van der Waals surface area contributed by atoms with Gasteiger partial charge in [-0.15, -0.1) is 0 Å². The van der Waals surface area contributed by atoms with Gasteiger partial charge < -0.3 is 10.1 Å². The van der Waals surface area contributed by atoms with Crippen molar-refractivity contribution in [1.29, 1.82) is 0 Å². The van der Waals surface area contributed by atoms with Crippen molar-refractivity contribution in [2.24, 2.45) is 10.8 Å². The number of hydrogen-bond donors (Lipinski definition) is 1. The third kappa shape index (κ3) is 4.12. The Hall–Kier alpha value is -0.0800. The lowest BCUT2D eigenvalue weighted by Gasteiger charge is -2.34. The van der Waals surface area contributed by atoms with Gasteiger partial charge in [0.25, 0.3) is 0 Å². The largest absolute Gasteiger partial charge is 0.381 e. The highest BCUT2D eigenvalue weighted by atomic mass is 16.5. The van der Waals surface area contributed by atoms with Crippen LogP contribution in [0.4, 0.5) is 0 Å². The van der Waals surface area contributed by atoms with Crippen molar-refractivity contribution in [3.8, 4) is 0 Å². The van der Waals surface area contributed by atoms with Gasteiger partial charge in [0.2, 0.25) is 0 Å². The summed E-state index contributed by atoms with van der Waals surface area (Å²) in [5.41, 5.74) is 0.721. The molecule has 1 aliphatic rings. The summed E-state index contributed by atoms with van der Waals surface area (Å²) in [6, 6.07) is 0.628. The van der Waals surface area contributed by atoms with Crippen LogP contribution in [0.5, 0.6) is 0 Å². The fourth-order valence-corrected chi connectivity index (χ4v) is 3.06. The van der Waals surface area contributed by atoms with Crippen molar-refractivity contribution in [3.63, 3.8) is 0 Å². The van der Waals surface area contributed by atoms with E-state index in [0.29, 0.717) is 16.9 Å². The van der Waals surface area contributed by atoms with Crippen LogP contribution in [-0.2, 0) is 4.74 Å². The van der Waals surface area contributed by atoms with Crippen LogP contribution in [0.25, 0.3) is 0 Å². The molecule has 0 aliphatic carbocycles. The maximum absolute atomic E-state index is 5.62. The minimum atomic E-state index is 0.296. The molecule has 0 aromatic carbocycles. The summed E-state index contributed by atoms with van der Waals surface area (Å²) in [5, 5.41) is 3.62. The molecule has 0 aromatic heterocycles. The maximum Gasteiger partial charge on any atom is 0.0531 e. The van der Waals surface area contributed by atoms with Crippen LogP contribution in [-0.4, -0.2) is 25.8 Å². The predicted molar refractivity (Wildman–Crippen MR) is 65.1 cm³/mol. The van der Waals surface area contributed by atoms with Gasteiger partial charge in [0.05, 0.1) is 6.61 Å². The summed E-state index contributed by atoms with van der Waals surface area (Å²) in [4.78, 5) is 0. The zero-order valence-electron chi connectivity index (χ0n) is 11.0. The Labute approximate surface area is 94.8 Å². The van der Waals surface area contributed by atoms with E-state index in [4.69, 9.17) is 4.74 Å². The van der Waals surface area contributed by atoms with E-state index in [2.05, 4.69) is 39.9 Å². The molecule has 2 heteroatoms. The van der Waals surface area contributed by atoms with Gasteiger partial charge in [-0.1, -0.05) is 20.8 Å². The van der Waals surface area contributed by atoms with E-state index in [-0.39, 0.29) is 0 Å². The molecule has 1 saturated heterocycles. The molecule has 0 amide bonds. The summed E-state index contributed by atoms with van der Waals surface area (Å²) < 4.78 is 5.62. The van der Waals surface area contributed by atoms with E-state index in [1.807, 2.05) is 0 Å². The van der Waals surface area contributed by atoms with Gasteiger partial charge in [-0.3, -0.25) is 0 Å². The zero-order valence-corrected chi connectivity index (χ0v) is 11.0. The highest BCUT2D eigenvalue weighted by molar-refractivity contribution is 4.90. The van der Waals surface area contributed by atoms with E-state index in [9.17, 15) is 0 Å². The van der Waals surface area contributed by atoms with E-state index < -0.39 is 0 Å². The molecule has 15 heavy (non-hydrogen) atoms. The second-order valence-electron chi connectivity index (χ2n) is 6.27. The Morgan fingerprint density at radius 3 is 2.60 bits per heavy atom. The lowest BCUT2D eigenvalue weighted by molar-refractivity contribution is 0.0398. The summed E-state index contributed by atoms with van der Waals surface area (Å²) in [6.07, 6.45) is 2.51. The second kappa shape index (κ2) is 4.84. The minimum absolute atomic E-state index is 0.296. The highest BCUT2D eigenvalue weighted by Gasteiger charge is 2.36.